The van der Waals surface area contributed by atoms with E-state index in [0.29, 0.717) is 5.92 Å². The highest BCUT2D eigenvalue weighted by atomic mass is 15.1. The van der Waals surface area contributed by atoms with E-state index >= 15 is 0 Å². The predicted octanol–water partition coefficient (Wildman–Crippen LogP) is 19.2. The lowest BCUT2D eigenvalue weighted by molar-refractivity contribution is 0.840. The van der Waals surface area contributed by atoms with E-state index in [9.17, 15) is 0 Å². The number of anilines is 3. The molecule has 0 saturated carbocycles. The summed E-state index contributed by atoms with van der Waals surface area (Å²) in [5.41, 5.74) is 19.1. The Balaban J connectivity index is 0.715. The third kappa shape index (κ3) is 9.06. The smallest absolute Gasteiger partial charge is 0.0546 e. The van der Waals surface area contributed by atoms with Crippen molar-refractivity contribution in [3.05, 3.63) is 302 Å². The molecular formula is C70H52N2. The van der Waals surface area contributed by atoms with Crippen LogP contribution in [0.15, 0.2) is 291 Å². The molecule has 0 heterocycles. The van der Waals surface area contributed by atoms with E-state index < -0.39 is 0 Å². The molecule has 0 aromatic heterocycles. The first kappa shape index (κ1) is 44.0. The van der Waals surface area contributed by atoms with Crippen LogP contribution in [0.2, 0.25) is 0 Å². The summed E-state index contributed by atoms with van der Waals surface area (Å²) in [6.45, 7) is 0. The van der Waals surface area contributed by atoms with E-state index in [1.165, 1.54) is 94.1 Å². The predicted molar refractivity (Wildman–Crippen MR) is 307 cm³/mol. The lowest BCUT2D eigenvalue weighted by Gasteiger charge is -2.30. The van der Waals surface area contributed by atoms with Crippen molar-refractivity contribution in [1.82, 2.24) is 0 Å². The largest absolute Gasteiger partial charge is 0.362 e. The van der Waals surface area contributed by atoms with Gasteiger partial charge in [-0.15, -0.1) is 0 Å². The van der Waals surface area contributed by atoms with Gasteiger partial charge in [0.2, 0.25) is 0 Å². The van der Waals surface area contributed by atoms with E-state index in [1.807, 2.05) is 24.4 Å². The van der Waals surface area contributed by atoms with Gasteiger partial charge in [-0.25, -0.2) is 0 Å². The van der Waals surface area contributed by atoms with Crippen LogP contribution in [0, 0.1) is 0 Å². The van der Waals surface area contributed by atoms with Gasteiger partial charge in [-0.05, 0) is 132 Å². The van der Waals surface area contributed by atoms with Gasteiger partial charge in [0, 0.05) is 34.6 Å². The van der Waals surface area contributed by atoms with Crippen molar-refractivity contribution in [2.75, 3.05) is 10.2 Å². The summed E-state index contributed by atoms with van der Waals surface area (Å²) < 4.78 is 0. The highest BCUT2D eigenvalue weighted by Gasteiger charge is 2.21. The molecule has 0 amide bonds. The second-order valence-electron chi connectivity index (χ2n) is 18.5. The first-order valence-electron chi connectivity index (χ1n) is 24.9. The van der Waals surface area contributed by atoms with E-state index in [4.69, 9.17) is 0 Å². The van der Waals surface area contributed by atoms with Crippen LogP contribution in [0.4, 0.5) is 17.1 Å². The minimum absolute atomic E-state index is 0.304. The van der Waals surface area contributed by atoms with Crippen LogP contribution in [-0.2, 0) is 0 Å². The zero-order valence-electron chi connectivity index (χ0n) is 39.9. The molecule has 11 aromatic rings. The molecule has 0 radical (unpaired) electrons. The molecule has 1 N–H and O–H groups in total. The molecule has 0 spiro atoms. The monoisotopic (exact) mass is 920 g/mol. The molecular weight excluding hydrogens is 869 g/mol. The van der Waals surface area contributed by atoms with Crippen LogP contribution in [0.5, 0.6) is 0 Å². The number of hydrogen-bond donors (Lipinski definition) is 1. The maximum Gasteiger partial charge on any atom is 0.0546 e. The molecule has 1 aliphatic rings. The fraction of sp³-hybridized carbons (Fsp3) is 0.0286. The number of nitrogens with zero attached hydrogens (tertiary/aromatic N) is 1. The van der Waals surface area contributed by atoms with Crippen molar-refractivity contribution < 1.29 is 0 Å². The summed E-state index contributed by atoms with van der Waals surface area (Å²) in [5.74, 6) is 0.304. The highest BCUT2D eigenvalue weighted by Crippen LogP contribution is 2.42. The average Bonchev–Trinajstić information content (AvgIpc) is 3.46. The van der Waals surface area contributed by atoms with Gasteiger partial charge in [0.05, 0.1) is 5.69 Å². The molecule has 0 aliphatic heterocycles. The summed E-state index contributed by atoms with van der Waals surface area (Å²) in [4.78, 5) is 2.43. The summed E-state index contributed by atoms with van der Waals surface area (Å²) in [7, 11) is 0. The summed E-state index contributed by atoms with van der Waals surface area (Å²) >= 11 is 0. The molecule has 0 bridgehead atoms. The lowest BCUT2D eigenvalue weighted by atomic mass is 9.89. The number of benzene rings is 11. The molecule has 2 nitrogen and oxygen atoms in total. The Morgan fingerprint density at radius 1 is 0.403 bits per heavy atom. The van der Waals surface area contributed by atoms with Gasteiger partial charge in [-0.2, -0.15) is 0 Å². The van der Waals surface area contributed by atoms with Gasteiger partial charge in [-0.1, -0.05) is 243 Å². The Labute approximate surface area is 422 Å². The number of rotatable bonds is 12. The van der Waals surface area contributed by atoms with Crippen molar-refractivity contribution in [2.45, 2.75) is 12.3 Å². The normalized spacial score (nSPS) is 13.3. The number of allylic oxidation sites excluding steroid dienone is 3. The van der Waals surface area contributed by atoms with Crippen LogP contribution in [0.3, 0.4) is 0 Å². The summed E-state index contributed by atoms with van der Waals surface area (Å²) in [6, 6.07) is 94.2. The summed E-state index contributed by atoms with van der Waals surface area (Å²) in [6.07, 6.45) is 12.2. The zero-order valence-corrected chi connectivity index (χ0v) is 39.9. The van der Waals surface area contributed by atoms with Crippen LogP contribution >= 0.6 is 0 Å². The average molecular weight is 921 g/mol. The van der Waals surface area contributed by atoms with Crippen molar-refractivity contribution in [3.8, 4) is 55.6 Å². The van der Waals surface area contributed by atoms with Gasteiger partial charge < -0.3 is 10.2 Å². The number of nitrogens with one attached hydrogen (secondary N) is 1. The second-order valence-corrected chi connectivity index (χ2v) is 18.5. The van der Waals surface area contributed by atoms with Crippen molar-refractivity contribution >= 4 is 44.7 Å². The van der Waals surface area contributed by atoms with Crippen LogP contribution in [-0.4, -0.2) is 0 Å². The maximum atomic E-state index is 3.40. The Kier molecular flexibility index (Phi) is 12.2. The quantitative estimate of drug-likeness (QED) is 0.123. The Morgan fingerprint density at radius 3 is 1.50 bits per heavy atom. The van der Waals surface area contributed by atoms with Crippen molar-refractivity contribution in [1.29, 1.82) is 0 Å². The standard InChI is InChI=1S/C70H52N2/c1-3-17-61(18-4-1)71-48-47-58-15-7-9-21-64(58)67-24-12-11-22-65(67)59-41-39-56(40-42-59)54-33-31-52(32-34-54)50-27-29-51(30-28-50)53-35-37-55(38-36-53)57-43-45-63(46-44-57)72(62-19-5-2-6-20-62)70-49-60-16-8-10-23-66(60)68-25-13-14-26-69(68)70/h1-43,45-49,57,71H,44H2/b48-47+. The molecule has 1 atom stereocenters. The molecule has 1 aliphatic carbocycles. The van der Waals surface area contributed by atoms with Crippen molar-refractivity contribution in [2.24, 2.45) is 0 Å². The van der Waals surface area contributed by atoms with Gasteiger partial charge in [-0.3, -0.25) is 0 Å². The lowest BCUT2D eigenvalue weighted by Crippen LogP contribution is -2.17. The molecule has 2 heteroatoms. The van der Waals surface area contributed by atoms with Crippen LogP contribution in [0.25, 0.3) is 83.3 Å². The van der Waals surface area contributed by atoms with Crippen molar-refractivity contribution in [3.63, 3.8) is 0 Å². The van der Waals surface area contributed by atoms with Gasteiger partial charge >= 0.3 is 0 Å². The highest BCUT2D eigenvalue weighted by molar-refractivity contribution is 6.14. The Hall–Kier alpha value is -9.24. The molecule has 1 unspecified atom stereocenters. The van der Waals surface area contributed by atoms with Gasteiger partial charge in [0.25, 0.3) is 0 Å². The number of hydrogen-bond acceptors (Lipinski definition) is 2. The molecule has 342 valence electrons. The van der Waals surface area contributed by atoms with E-state index in [0.717, 1.165) is 23.4 Å². The van der Waals surface area contributed by atoms with E-state index in [2.05, 4.69) is 277 Å². The topological polar surface area (TPSA) is 15.3 Å². The maximum absolute atomic E-state index is 3.40. The van der Waals surface area contributed by atoms with Gasteiger partial charge in [0.1, 0.15) is 0 Å². The van der Waals surface area contributed by atoms with Crippen LogP contribution < -0.4 is 10.2 Å². The minimum atomic E-state index is 0.304. The fourth-order valence-corrected chi connectivity index (χ4v) is 10.3. The Bertz CT molecular complexity index is 3760. The molecule has 0 saturated heterocycles. The van der Waals surface area contributed by atoms with Gasteiger partial charge in [0.15, 0.2) is 0 Å². The molecule has 11 aromatic carbocycles. The Morgan fingerprint density at radius 2 is 0.889 bits per heavy atom. The molecule has 12 rings (SSSR count). The third-order valence-electron chi connectivity index (χ3n) is 14.1. The van der Waals surface area contributed by atoms with E-state index in [1.54, 1.807) is 0 Å². The van der Waals surface area contributed by atoms with Crippen LogP contribution in [0.1, 0.15) is 23.5 Å². The first-order valence-corrected chi connectivity index (χ1v) is 24.9. The van der Waals surface area contributed by atoms with E-state index in [-0.39, 0.29) is 0 Å². The second kappa shape index (κ2) is 20.0. The summed E-state index contributed by atoms with van der Waals surface area (Å²) in [5, 5.41) is 8.43. The fourth-order valence-electron chi connectivity index (χ4n) is 10.3. The third-order valence-corrected chi connectivity index (χ3v) is 14.1. The first-order chi connectivity index (χ1) is 35.7. The minimum Gasteiger partial charge on any atom is -0.362 e. The molecule has 0 fully saturated rings. The number of para-hydroxylation sites is 2. The number of fused-ring (bicyclic) bond motifs is 3. The zero-order chi connectivity index (χ0) is 48.1. The molecule has 72 heavy (non-hydrogen) atoms. The SMILES string of the molecule is C1=CC(c2ccc(-c3ccc(-c4ccc(-c5ccc(-c6ccccc6-c6ccccc6/C=C/Nc6ccccc6)cc5)cc4)cc3)cc2)CC=C1N(c1ccccc1)c1cc2ccccc2c2ccccc12.